The largest absolute Gasteiger partial charge is 0.444 e. The molecule has 0 radical (unpaired) electrons. The molecule has 0 saturated carbocycles. The van der Waals surface area contributed by atoms with Gasteiger partial charge in [-0.3, -0.25) is 5.32 Å². The Hall–Kier alpha value is -4.31. The SMILES string of the molecule is C=C(N)NC(=O)OCc1ccc(C#N)c(N2CCN(c3ccc(C#N)cn3)CC2)c1F. The van der Waals surface area contributed by atoms with Gasteiger partial charge in [-0.05, 0) is 18.2 Å². The number of aromatic nitrogens is 1. The zero-order valence-corrected chi connectivity index (χ0v) is 16.6. The van der Waals surface area contributed by atoms with Crippen molar-refractivity contribution in [2.24, 2.45) is 5.73 Å². The lowest BCUT2D eigenvalue weighted by atomic mass is 10.1. The highest BCUT2D eigenvalue weighted by molar-refractivity contribution is 5.69. The molecule has 1 aliphatic heterocycles. The number of rotatable bonds is 5. The van der Waals surface area contributed by atoms with Crippen LogP contribution in [0.4, 0.5) is 20.7 Å². The van der Waals surface area contributed by atoms with E-state index in [4.69, 9.17) is 15.7 Å². The minimum Gasteiger partial charge on any atom is -0.444 e. The van der Waals surface area contributed by atoms with Crippen LogP contribution in [0.15, 0.2) is 42.9 Å². The van der Waals surface area contributed by atoms with Gasteiger partial charge >= 0.3 is 6.09 Å². The van der Waals surface area contributed by atoms with Crippen molar-refractivity contribution < 1.29 is 13.9 Å². The zero-order valence-electron chi connectivity index (χ0n) is 16.6. The molecule has 0 bridgehead atoms. The van der Waals surface area contributed by atoms with E-state index in [2.05, 4.69) is 16.9 Å². The third kappa shape index (κ3) is 5.00. The summed E-state index contributed by atoms with van der Waals surface area (Å²) in [6.07, 6.45) is 0.663. The Morgan fingerprint density at radius 2 is 1.90 bits per heavy atom. The maximum Gasteiger partial charge on any atom is 0.413 e. The van der Waals surface area contributed by atoms with Crippen molar-refractivity contribution in [3.63, 3.8) is 0 Å². The third-order valence-corrected chi connectivity index (χ3v) is 4.73. The summed E-state index contributed by atoms with van der Waals surface area (Å²) in [6.45, 7) is 5.06. The molecule has 31 heavy (non-hydrogen) atoms. The van der Waals surface area contributed by atoms with Gasteiger partial charge in [-0.1, -0.05) is 12.6 Å². The molecule has 3 rings (SSSR count). The van der Waals surface area contributed by atoms with Crippen LogP contribution < -0.4 is 20.9 Å². The number of anilines is 2. The average molecular weight is 421 g/mol. The quantitative estimate of drug-likeness (QED) is 0.749. The first kappa shape index (κ1) is 21.4. The van der Waals surface area contributed by atoms with Crippen molar-refractivity contribution in [2.75, 3.05) is 36.0 Å². The molecule has 158 valence electrons. The Morgan fingerprint density at radius 3 is 2.48 bits per heavy atom. The van der Waals surface area contributed by atoms with Crippen LogP contribution in [0.1, 0.15) is 16.7 Å². The molecule has 1 aromatic heterocycles. The Morgan fingerprint density at radius 1 is 1.19 bits per heavy atom. The Kier molecular flexibility index (Phi) is 6.53. The number of nitrogens with one attached hydrogen (secondary N) is 1. The van der Waals surface area contributed by atoms with Gasteiger partial charge in [-0.25, -0.2) is 14.2 Å². The Bertz CT molecular complexity index is 1060. The third-order valence-electron chi connectivity index (χ3n) is 4.73. The maximum absolute atomic E-state index is 15.2. The molecule has 1 aliphatic rings. The molecule has 1 saturated heterocycles. The number of piperazine rings is 1. The van der Waals surface area contributed by atoms with Crippen LogP contribution in [-0.4, -0.2) is 37.3 Å². The second kappa shape index (κ2) is 9.46. The van der Waals surface area contributed by atoms with E-state index in [1.165, 1.54) is 18.3 Å². The molecular formula is C21H20FN7O2. The minimum atomic E-state index is -0.846. The van der Waals surface area contributed by atoms with Crippen molar-refractivity contribution in [1.29, 1.82) is 10.5 Å². The monoisotopic (exact) mass is 421 g/mol. The summed E-state index contributed by atoms with van der Waals surface area (Å²) in [7, 11) is 0. The second-order valence-electron chi connectivity index (χ2n) is 6.76. The molecule has 0 aliphatic carbocycles. The Balaban J connectivity index is 1.73. The first-order chi connectivity index (χ1) is 14.9. The predicted molar refractivity (Wildman–Crippen MR) is 111 cm³/mol. The lowest BCUT2D eigenvalue weighted by Gasteiger charge is -2.37. The lowest BCUT2D eigenvalue weighted by Crippen LogP contribution is -2.47. The normalized spacial score (nSPS) is 13.1. The van der Waals surface area contributed by atoms with Gasteiger partial charge in [0.2, 0.25) is 0 Å². The second-order valence-corrected chi connectivity index (χ2v) is 6.76. The van der Waals surface area contributed by atoms with Crippen molar-refractivity contribution in [3.8, 4) is 12.1 Å². The smallest absolute Gasteiger partial charge is 0.413 e. The van der Waals surface area contributed by atoms with Crippen molar-refractivity contribution in [3.05, 3.63) is 65.4 Å². The van der Waals surface area contributed by atoms with Crippen LogP contribution in [0.2, 0.25) is 0 Å². The van der Waals surface area contributed by atoms with Gasteiger partial charge in [0.1, 0.15) is 24.6 Å². The summed E-state index contributed by atoms with van der Waals surface area (Å²) < 4.78 is 20.2. The van der Waals surface area contributed by atoms with Gasteiger partial charge in [0.15, 0.2) is 5.82 Å². The summed E-state index contributed by atoms with van der Waals surface area (Å²) in [5.74, 6) is 0.0401. The van der Waals surface area contributed by atoms with Crippen molar-refractivity contribution >= 4 is 17.6 Å². The summed E-state index contributed by atoms with van der Waals surface area (Å²) >= 11 is 0. The van der Waals surface area contributed by atoms with Gasteiger partial charge in [0.05, 0.1) is 22.6 Å². The first-order valence-electron chi connectivity index (χ1n) is 9.38. The van der Waals surface area contributed by atoms with Gasteiger partial charge < -0.3 is 20.3 Å². The van der Waals surface area contributed by atoms with Crippen LogP contribution in [0.25, 0.3) is 0 Å². The molecule has 2 heterocycles. The molecule has 2 aromatic rings. The van der Waals surface area contributed by atoms with E-state index in [1.54, 1.807) is 17.0 Å². The summed E-state index contributed by atoms with van der Waals surface area (Å²) in [6, 6.07) is 10.4. The highest BCUT2D eigenvalue weighted by atomic mass is 19.1. The highest BCUT2D eigenvalue weighted by Gasteiger charge is 2.25. The maximum atomic E-state index is 15.2. The van der Waals surface area contributed by atoms with E-state index in [0.717, 1.165) is 5.82 Å². The molecular weight excluding hydrogens is 401 g/mol. The Labute approximate surface area is 178 Å². The number of nitrogens with two attached hydrogens (primary N) is 1. The van der Waals surface area contributed by atoms with E-state index < -0.39 is 11.9 Å². The number of nitrogens with zero attached hydrogens (tertiary/aromatic N) is 5. The number of carbonyl (C=O) groups excluding carboxylic acids is 1. The average Bonchev–Trinajstić information content (AvgIpc) is 2.78. The molecule has 1 amide bonds. The van der Waals surface area contributed by atoms with Crippen LogP contribution in [0, 0.1) is 28.5 Å². The zero-order chi connectivity index (χ0) is 22.4. The number of pyridine rings is 1. The number of nitriles is 2. The molecule has 1 aromatic carbocycles. The number of carbonyl (C=O) groups is 1. The van der Waals surface area contributed by atoms with E-state index >= 15 is 4.39 Å². The van der Waals surface area contributed by atoms with Gasteiger partial charge in [-0.15, -0.1) is 0 Å². The fourth-order valence-corrected chi connectivity index (χ4v) is 3.23. The highest BCUT2D eigenvalue weighted by Crippen LogP contribution is 2.29. The number of halogens is 1. The van der Waals surface area contributed by atoms with Gasteiger partial charge in [-0.2, -0.15) is 10.5 Å². The number of benzene rings is 1. The number of hydrogen-bond donors (Lipinski definition) is 2. The van der Waals surface area contributed by atoms with Gasteiger partial charge in [0.25, 0.3) is 0 Å². The summed E-state index contributed by atoms with van der Waals surface area (Å²) in [4.78, 5) is 19.7. The van der Waals surface area contributed by atoms with E-state index in [9.17, 15) is 10.1 Å². The molecule has 10 heteroatoms. The molecule has 1 fully saturated rings. The fraction of sp³-hybridized carbons (Fsp3) is 0.238. The lowest BCUT2D eigenvalue weighted by molar-refractivity contribution is 0.141. The molecule has 0 spiro atoms. The minimum absolute atomic E-state index is 0.0828. The predicted octanol–water partition coefficient (Wildman–Crippen LogP) is 1.95. The summed E-state index contributed by atoms with van der Waals surface area (Å²) in [5.41, 5.74) is 6.27. The van der Waals surface area contributed by atoms with Crippen molar-refractivity contribution in [2.45, 2.75) is 6.61 Å². The molecule has 0 atom stereocenters. The number of amides is 1. The van der Waals surface area contributed by atoms with Crippen LogP contribution >= 0.6 is 0 Å². The van der Waals surface area contributed by atoms with Crippen LogP contribution in [0.5, 0.6) is 0 Å². The van der Waals surface area contributed by atoms with Crippen molar-refractivity contribution in [1.82, 2.24) is 10.3 Å². The number of hydrogen-bond acceptors (Lipinski definition) is 8. The van der Waals surface area contributed by atoms with Gasteiger partial charge in [0, 0.05) is 37.9 Å². The molecule has 3 N–H and O–H groups in total. The number of alkyl carbamates (subject to hydrolysis) is 1. The fourth-order valence-electron chi connectivity index (χ4n) is 3.23. The van der Waals surface area contributed by atoms with Crippen LogP contribution in [-0.2, 0) is 11.3 Å². The van der Waals surface area contributed by atoms with E-state index in [1.807, 2.05) is 17.0 Å². The standard InChI is InChI=1S/C21H20FN7O2/c1-14(25)27-21(30)31-13-17-4-3-16(11-24)20(19(17)22)29-8-6-28(7-9-29)18-5-2-15(10-23)12-26-18/h2-5,12H,1,6-9,13,25H2,(H,27,30). The topological polar surface area (TPSA) is 131 Å². The van der Waals surface area contributed by atoms with E-state index in [0.29, 0.717) is 31.7 Å². The van der Waals surface area contributed by atoms with Crippen LogP contribution in [0.3, 0.4) is 0 Å². The summed E-state index contributed by atoms with van der Waals surface area (Å²) in [5, 5.41) is 20.5. The molecule has 9 nitrogen and oxygen atoms in total. The number of ether oxygens (including phenoxy) is 1. The molecule has 0 unspecified atom stereocenters. The van der Waals surface area contributed by atoms with E-state index in [-0.39, 0.29) is 29.2 Å². The first-order valence-corrected chi connectivity index (χ1v) is 9.38.